The number of piperazine rings is 1. The molecule has 48 heavy (non-hydrogen) atoms. The largest absolute Gasteiger partial charge is 0.485 e. The number of amides is 1. The van der Waals surface area contributed by atoms with Crippen molar-refractivity contribution in [3.63, 3.8) is 0 Å². The average molecular weight is 711 g/mol. The molecule has 3 aromatic rings. The van der Waals surface area contributed by atoms with E-state index in [9.17, 15) is 4.79 Å². The van der Waals surface area contributed by atoms with Crippen LogP contribution in [0.2, 0.25) is 15.1 Å². The van der Waals surface area contributed by atoms with Gasteiger partial charge >= 0.3 is 0 Å². The van der Waals surface area contributed by atoms with E-state index in [2.05, 4.69) is 33.7 Å². The van der Waals surface area contributed by atoms with Crippen LogP contribution < -0.4 is 20.3 Å². The minimum Gasteiger partial charge on any atom is -0.485 e. The smallest absolute Gasteiger partial charge is 0.252 e. The maximum Gasteiger partial charge on any atom is 0.252 e. The molecule has 0 spiro atoms. The number of pyridine rings is 1. The lowest BCUT2D eigenvalue weighted by molar-refractivity contribution is -0.128. The average Bonchev–Trinajstić information content (AvgIpc) is 3.81. The third-order valence-corrected chi connectivity index (χ3v) is 10.7. The summed E-state index contributed by atoms with van der Waals surface area (Å²) in [5, 5.41) is 9.01. The van der Waals surface area contributed by atoms with Gasteiger partial charge in [-0.3, -0.25) is 4.79 Å². The highest BCUT2D eigenvalue weighted by atomic mass is 35.5. The van der Waals surface area contributed by atoms with Gasteiger partial charge in [0.2, 0.25) is 0 Å². The Morgan fingerprint density at radius 3 is 2.58 bits per heavy atom. The van der Waals surface area contributed by atoms with E-state index in [4.69, 9.17) is 49.3 Å². The molecule has 1 aliphatic carbocycles. The Hall–Kier alpha value is -2.85. The standard InChI is InChI=1S/C37H42Cl3N5O3/c1-22-13-31(39)36(32(40)14-22)48-28-9-11-44(21-28)34-8-4-24(17-42-34)29-16-26-18-41-19-33(43-26)35(29)37(46)45(27-5-6-27)20-25-15-23(10-12-47-2)3-7-30(25)38/h3-4,7-8,13-15,17,26-28,33,41,43H,5-6,9-12,16,18-21H2,1-2H3/t26-,28-,33-/m1/s1. The van der Waals surface area contributed by atoms with Crippen LogP contribution in [0.5, 0.6) is 5.75 Å². The van der Waals surface area contributed by atoms with E-state index in [0.717, 1.165) is 84.4 Å². The lowest BCUT2D eigenvalue weighted by atomic mass is 9.84. The molecule has 8 nitrogen and oxygen atoms in total. The molecule has 7 rings (SSSR count). The molecule has 2 bridgehead atoms. The van der Waals surface area contributed by atoms with Crippen molar-refractivity contribution in [2.45, 2.75) is 69.8 Å². The van der Waals surface area contributed by atoms with Crippen LogP contribution in [-0.2, 0) is 22.5 Å². The fraction of sp³-hybridized carbons (Fsp3) is 0.459. The van der Waals surface area contributed by atoms with Gasteiger partial charge in [-0.2, -0.15) is 0 Å². The van der Waals surface area contributed by atoms with Crippen molar-refractivity contribution in [2.75, 3.05) is 44.8 Å². The molecule has 3 atom stereocenters. The number of methoxy groups -OCH3 is 1. The number of rotatable bonds is 11. The number of aromatic nitrogens is 1. The number of carbonyl (C=O) groups excluding carboxylic acids is 1. The van der Waals surface area contributed by atoms with E-state index in [0.29, 0.717) is 47.1 Å². The summed E-state index contributed by atoms with van der Waals surface area (Å²) in [6, 6.07) is 14.4. The van der Waals surface area contributed by atoms with Gasteiger partial charge in [0.05, 0.1) is 29.2 Å². The summed E-state index contributed by atoms with van der Waals surface area (Å²) in [5.41, 5.74) is 6.06. The number of benzene rings is 2. The fourth-order valence-electron chi connectivity index (χ4n) is 7.20. The Balaban J connectivity index is 1.12. The third-order valence-electron chi connectivity index (χ3n) is 9.82. The number of nitrogens with one attached hydrogen (secondary N) is 2. The van der Waals surface area contributed by atoms with Crippen molar-refractivity contribution in [3.8, 4) is 5.75 Å². The first kappa shape index (κ1) is 33.6. The molecule has 2 saturated heterocycles. The summed E-state index contributed by atoms with van der Waals surface area (Å²) in [6.45, 7) is 6.16. The first-order valence-electron chi connectivity index (χ1n) is 16.9. The summed E-state index contributed by atoms with van der Waals surface area (Å²) in [5.74, 6) is 1.51. The Bertz CT molecular complexity index is 1670. The molecule has 2 aromatic carbocycles. The van der Waals surface area contributed by atoms with Crippen LogP contribution in [0.1, 0.15) is 47.9 Å². The lowest BCUT2D eigenvalue weighted by Crippen LogP contribution is -2.60. The van der Waals surface area contributed by atoms with Gasteiger partial charge in [-0.15, -0.1) is 0 Å². The molecular weight excluding hydrogens is 669 g/mol. The number of ether oxygens (including phenoxy) is 2. The molecule has 0 radical (unpaired) electrons. The predicted molar refractivity (Wildman–Crippen MR) is 192 cm³/mol. The van der Waals surface area contributed by atoms with Crippen LogP contribution in [0.4, 0.5) is 5.82 Å². The van der Waals surface area contributed by atoms with Gasteiger partial charge in [-0.1, -0.05) is 46.9 Å². The Kier molecular flexibility index (Phi) is 10.2. The monoisotopic (exact) mass is 709 g/mol. The predicted octanol–water partition coefficient (Wildman–Crippen LogP) is 6.48. The van der Waals surface area contributed by atoms with Crippen molar-refractivity contribution in [3.05, 3.63) is 91.6 Å². The molecule has 254 valence electrons. The van der Waals surface area contributed by atoms with Crippen LogP contribution in [0, 0.1) is 6.92 Å². The van der Waals surface area contributed by atoms with Gasteiger partial charge in [0.25, 0.3) is 5.91 Å². The SMILES string of the molecule is COCCc1ccc(Cl)c(CN(C(=O)C2=C(c3ccc(N4CC[C@@H](Oc5c(Cl)cc(C)cc5Cl)C4)nc3)C[C@@H]3CNC[C@H]2N3)C2CC2)c1. The molecule has 1 amide bonds. The normalized spacial score (nSPS) is 22.3. The van der Waals surface area contributed by atoms with Gasteiger partial charge in [0.15, 0.2) is 5.75 Å². The molecule has 4 heterocycles. The zero-order valence-electron chi connectivity index (χ0n) is 27.4. The Morgan fingerprint density at radius 2 is 1.85 bits per heavy atom. The number of hydrogen-bond acceptors (Lipinski definition) is 7. The van der Waals surface area contributed by atoms with Crippen molar-refractivity contribution in [1.82, 2.24) is 20.5 Å². The molecule has 3 fully saturated rings. The van der Waals surface area contributed by atoms with E-state index in [1.165, 1.54) is 0 Å². The van der Waals surface area contributed by atoms with E-state index in [1.807, 2.05) is 42.3 Å². The van der Waals surface area contributed by atoms with Crippen LogP contribution >= 0.6 is 34.8 Å². The number of aryl methyl sites for hydroxylation is 1. The molecule has 4 aliphatic rings. The maximum absolute atomic E-state index is 14.6. The lowest BCUT2D eigenvalue weighted by Gasteiger charge is -2.41. The molecule has 3 aliphatic heterocycles. The first-order chi connectivity index (χ1) is 23.3. The van der Waals surface area contributed by atoms with E-state index >= 15 is 0 Å². The summed E-state index contributed by atoms with van der Waals surface area (Å²) < 4.78 is 11.5. The van der Waals surface area contributed by atoms with Crippen LogP contribution in [0.15, 0.2) is 54.2 Å². The zero-order valence-corrected chi connectivity index (χ0v) is 29.7. The number of nitrogens with zero attached hydrogens (tertiary/aromatic N) is 3. The number of hydrogen-bond donors (Lipinski definition) is 2. The summed E-state index contributed by atoms with van der Waals surface area (Å²) >= 11 is 19.6. The molecule has 11 heteroatoms. The highest BCUT2D eigenvalue weighted by Gasteiger charge is 2.41. The van der Waals surface area contributed by atoms with E-state index in [1.54, 1.807) is 7.11 Å². The second-order valence-electron chi connectivity index (χ2n) is 13.4. The number of carbonyl (C=O) groups is 1. The minimum absolute atomic E-state index is 0.0463. The number of halogens is 3. The summed E-state index contributed by atoms with van der Waals surface area (Å²) in [6.07, 6.45) is 6.30. The second kappa shape index (κ2) is 14.6. The zero-order chi connectivity index (χ0) is 33.4. The maximum atomic E-state index is 14.6. The summed E-state index contributed by atoms with van der Waals surface area (Å²) in [7, 11) is 1.71. The minimum atomic E-state index is -0.0682. The summed E-state index contributed by atoms with van der Waals surface area (Å²) in [4.78, 5) is 23.8. The highest BCUT2D eigenvalue weighted by Crippen LogP contribution is 2.38. The van der Waals surface area contributed by atoms with Gasteiger partial charge in [-0.05, 0) is 90.8 Å². The Labute approximate surface area is 297 Å². The molecule has 1 saturated carbocycles. The topological polar surface area (TPSA) is 79.0 Å². The Morgan fingerprint density at radius 1 is 1.04 bits per heavy atom. The van der Waals surface area contributed by atoms with Crippen molar-refractivity contribution in [2.24, 2.45) is 0 Å². The van der Waals surface area contributed by atoms with E-state index < -0.39 is 0 Å². The first-order valence-corrected chi connectivity index (χ1v) is 18.0. The van der Waals surface area contributed by atoms with Crippen LogP contribution in [-0.4, -0.2) is 79.9 Å². The van der Waals surface area contributed by atoms with Gasteiger partial charge in [-0.25, -0.2) is 4.98 Å². The van der Waals surface area contributed by atoms with Crippen LogP contribution in [0.25, 0.3) is 5.57 Å². The quantitative estimate of drug-likeness (QED) is 0.236. The van der Waals surface area contributed by atoms with Gasteiger partial charge < -0.3 is 29.9 Å². The van der Waals surface area contributed by atoms with Crippen molar-refractivity contribution >= 4 is 52.1 Å². The number of anilines is 1. The number of fused-ring (bicyclic) bond motifs is 2. The second-order valence-corrected chi connectivity index (χ2v) is 14.7. The van der Waals surface area contributed by atoms with Gasteiger partial charge in [0, 0.05) is 68.6 Å². The van der Waals surface area contributed by atoms with Crippen LogP contribution in [0.3, 0.4) is 0 Å². The molecular formula is C37H42Cl3N5O3. The van der Waals surface area contributed by atoms with Crippen molar-refractivity contribution in [1.29, 1.82) is 0 Å². The third kappa shape index (κ3) is 7.35. The molecule has 1 aromatic heterocycles. The van der Waals surface area contributed by atoms with Gasteiger partial charge in [0.1, 0.15) is 11.9 Å². The fourth-order valence-corrected chi connectivity index (χ4v) is 8.07. The highest BCUT2D eigenvalue weighted by molar-refractivity contribution is 6.37. The van der Waals surface area contributed by atoms with E-state index in [-0.39, 0.29) is 30.1 Å². The molecule has 2 N–H and O–H groups in total. The molecule has 0 unspecified atom stereocenters. The van der Waals surface area contributed by atoms with Crippen molar-refractivity contribution < 1.29 is 14.3 Å².